The molecule has 0 aliphatic carbocycles. The van der Waals surface area contributed by atoms with Crippen LogP contribution in [0.4, 0.5) is 8.78 Å². The van der Waals surface area contributed by atoms with Crippen molar-refractivity contribution >= 4 is 11.6 Å². The van der Waals surface area contributed by atoms with Crippen molar-refractivity contribution in [1.29, 1.82) is 0 Å². The summed E-state index contributed by atoms with van der Waals surface area (Å²) in [5, 5.41) is 4.18. The lowest BCUT2D eigenvalue weighted by molar-refractivity contribution is 0.186. The molecule has 0 aliphatic rings. The summed E-state index contributed by atoms with van der Waals surface area (Å²) in [4.78, 5) is 4.09. The molecule has 2 rings (SSSR count). The third-order valence-corrected chi connectivity index (χ3v) is 3.26. The molecule has 0 N–H and O–H groups in total. The quantitative estimate of drug-likeness (QED) is 0.793. The largest absolute Gasteiger partial charge is 0.244 e. The van der Waals surface area contributed by atoms with E-state index in [4.69, 9.17) is 11.6 Å². The van der Waals surface area contributed by atoms with E-state index in [-0.39, 0.29) is 23.7 Å². The fourth-order valence-corrected chi connectivity index (χ4v) is 2.10. The number of halogens is 3. The maximum Gasteiger partial charge on any atom is 0.219 e. The number of nitrogens with zero attached hydrogens (tertiary/aromatic N) is 3. The Labute approximate surface area is 121 Å². The van der Waals surface area contributed by atoms with Crippen LogP contribution in [0.2, 0.25) is 5.15 Å². The molecule has 20 heavy (non-hydrogen) atoms. The topological polar surface area (TPSA) is 30.7 Å². The monoisotopic (exact) mass is 299 g/mol. The second kappa shape index (κ2) is 5.48. The van der Waals surface area contributed by atoms with E-state index >= 15 is 0 Å². The zero-order valence-electron chi connectivity index (χ0n) is 11.6. The van der Waals surface area contributed by atoms with Gasteiger partial charge in [-0.05, 0) is 32.9 Å². The molecule has 0 atom stereocenters. The van der Waals surface area contributed by atoms with Crippen molar-refractivity contribution in [2.45, 2.75) is 39.4 Å². The molecule has 0 bridgehead atoms. The first-order valence-corrected chi connectivity index (χ1v) is 6.69. The lowest BCUT2D eigenvalue weighted by atomic mass is 10.1. The number of aromatic nitrogens is 3. The summed E-state index contributed by atoms with van der Waals surface area (Å²) < 4.78 is 28.9. The Morgan fingerprint density at radius 3 is 2.60 bits per heavy atom. The SMILES string of the molecule is Cc1ccc(-c2cnn(CCC(C)(C)F)c2F)c(Cl)n1. The zero-order valence-corrected chi connectivity index (χ0v) is 12.4. The lowest BCUT2D eigenvalue weighted by Gasteiger charge is -2.13. The molecule has 6 heteroatoms. The first-order chi connectivity index (χ1) is 9.28. The van der Waals surface area contributed by atoms with Gasteiger partial charge in [-0.2, -0.15) is 9.49 Å². The average Bonchev–Trinajstić information content (AvgIpc) is 2.67. The minimum atomic E-state index is -1.36. The maximum atomic E-state index is 14.3. The number of aryl methyl sites for hydroxylation is 2. The first kappa shape index (κ1) is 14.9. The molecule has 0 saturated heterocycles. The van der Waals surface area contributed by atoms with Crippen molar-refractivity contribution in [3.8, 4) is 11.1 Å². The van der Waals surface area contributed by atoms with Crippen molar-refractivity contribution in [2.24, 2.45) is 0 Å². The van der Waals surface area contributed by atoms with E-state index in [1.54, 1.807) is 19.1 Å². The fourth-order valence-electron chi connectivity index (χ4n) is 1.80. The van der Waals surface area contributed by atoms with E-state index in [1.807, 2.05) is 0 Å². The Kier molecular flexibility index (Phi) is 4.09. The number of hydrogen-bond donors (Lipinski definition) is 0. The van der Waals surface area contributed by atoms with Crippen LogP contribution < -0.4 is 0 Å². The third kappa shape index (κ3) is 3.33. The smallest absolute Gasteiger partial charge is 0.219 e. The van der Waals surface area contributed by atoms with E-state index < -0.39 is 11.6 Å². The van der Waals surface area contributed by atoms with Crippen LogP contribution in [0, 0.1) is 12.9 Å². The van der Waals surface area contributed by atoms with E-state index in [9.17, 15) is 8.78 Å². The zero-order chi connectivity index (χ0) is 14.9. The standard InChI is InChI=1S/C14H16ClF2N3/c1-9-4-5-10(12(15)19-9)11-8-18-20(13(11)16)7-6-14(2,3)17/h4-5,8H,6-7H2,1-3H3. The molecule has 0 aliphatic heterocycles. The Morgan fingerprint density at radius 2 is 2.00 bits per heavy atom. The fraction of sp³-hybridized carbons (Fsp3) is 0.429. The summed E-state index contributed by atoms with van der Waals surface area (Å²) in [5.74, 6) is -0.526. The normalized spacial score (nSPS) is 11.9. The van der Waals surface area contributed by atoms with Gasteiger partial charge < -0.3 is 0 Å². The van der Waals surface area contributed by atoms with Gasteiger partial charge in [-0.15, -0.1) is 0 Å². The van der Waals surface area contributed by atoms with E-state index in [2.05, 4.69) is 10.1 Å². The summed E-state index contributed by atoms with van der Waals surface area (Å²) >= 11 is 6.02. The van der Waals surface area contributed by atoms with Crippen molar-refractivity contribution < 1.29 is 8.78 Å². The Morgan fingerprint density at radius 1 is 1.30 bits per heavy atom. The number of pyridine rings is 1. The van der Waals surface area contributed by atoms with E-state index in [0.29, 0.717) is 5.56 Å². The van der Waals surface area contributed by atoms with Crippen molar-refractivity contribution in [2.75, 3.05) is 0 Å². The highest BCUT2D eigenvalue weighted by atomic mass is 35.5. The third-order valence-electron chi connectivity index (χ3n) is 2.97. The van der Waals surface area contributed by atoms with Crippen LogP contribution in [-0.2, 0) is 6.54 Å². The second-order valence-corrected chi connectivity index (χ2v) is 5.69. The molecule has 2 aromatic heterocycles. The summed E-state index contributed by atoms with van der Waals surface area (Å²) in [6.45, 7) is 4.89. The predicted octanol–water partition coefficient (Wildman–Crippen LogP) is 4.18. The molecule has 0 unspecified atom stereocenters. The molecule has 2 aromatic rings. The van der Waals surface area contributed by atoms with Gasteiger partial charge in [-0.1, -0.05) is 11.6 Å². The van der Waals surface area contributed by atoms with Crippen LogP contribution in [0.25, 0.3) is 11.1 Å². The molecule has 0 aromatic carbocycles. The van der Waals surface area contributed by atoms with Crippen molar-refractivity contribution in [1.82, 2.24) is 14.8 Å². The molecule has 0 spiro atoms. The Hall–Kier alpha value is -1.49. The number of hydrogen-bond acceptors (Lipinski definition) is 2. The number of alkyl halides is 1. The van der Waals surface area contributed by atoms with Crippen LogP contribution in [0.5, 0.6) is 0 Å². The van der Waals surface area contributed by atoms with Gasteiger partial charge in [0.25, 0.3) is 0 Å². The average molecular weight is 300 g/mol. The Balaban J connectivity index is 2.28. The predicted molar refractivity (Wildman–Crippen MR) is 75.0 cm³/mol. The van der Waals surface area contributed by atoms with Gasteiger partial charge in [-0.3, -0.25) is 0 Å². The van der Waals surface area contributed by atoms with Gasteiger partial charge in [0.05, 0.1) is 11.8 Å². The van der Waals surface area contributed by atoms with Crippen LogP contribution in [0.3, 0.4) is 0 Å². The molecule has 3 nitrogen and oxygen atoms in total. The lowest BCUT2D eigenvalue weighted by Crippen LogP contribution is -2.17. The molecule has 2 heterocycles. The van der Waals surface area contributed by atoms with E-state index in [0.717, 1.165) is 10.4 Å². The van der Waals surface area contributed by atoms with E-state index in [1.165, 1.54) is 20.0 Å². The summed E-state index contributed by atoms with van der Waals surface area (Å²) in [5.41, 5.74) is 0.159. The van der Waals surface area contributed by atoms with Gasteiger partial charge >= 0.3 is 0 Å². The molecular weight excluding hydrogens is 284 g/mol. The Bertz CT molecular complexity index is 617. The first-order valence-electron chi connectivity index (χ1n) is 6.32. The molecule has 0 amide bonds. The van der Waals surface area contributed by atoms with Crippen LogP contribution >= 0.6 is 11.6 Å². The van der Waals surface area contributed by atoms with Crippen molar-refractivity contribution in [3.63, 3.8) is 0 Å². The maximum absolute atomic E-state index is 14.3. The minimum absolute atomic E-state index is 0.173. The van der Waals surface area contributed by atoms with Crippen LogP contribution in [0.15, 0.2) is 18.3 Å². The summed E-state index contributed by atoms with van der Waals surface area (Å²) in [7, 11) is 0. The molecule has 108 valence electrons. The second-order valence-electron chi connectivity index (χ2n) is 5.33. The highest BCUT2D eigenvalue weighted by Crippen LogP contribution is 2.29. The minimum Gasteiger partial charge on any atom is -0.244 e. The van der Waals surface area contributed by atoms with Crippen LogP contribution in [0.1, 0.15) is 26.0 Å². The molecule has 0 radical (unpaired) electrons. The van der Waals surface area contributed by atoms with Gasteiger partial charge in [-0.25, -0.2) is 14.1 Å². The summed E-state index contributed by atoms with van der Waals surface area (Å²) in [6.07, 6.45) is 1.57. The van der Waals surface area contributed by atoms with Gasteiger partial charge in [0.1, 0.15) is 10.8 Å². The van der Waals surface area contributed by atoms with Crippen LogP contribution in [-0.4, -0.2) is 20.4 Å². The summed E-state index contributed by atoms with van der Waals surface area (Å²) in [6, 6.07) is 3.46. The molecule has 0 fully saturated rings. The molecular formula is C14H16ClF2N3. The highest BCUT2D eigenvalue weighted by Gasteiger charge is 2.19. The van der Waals surface area contributed by atoms with Crippen molar-refractivity contribution in [3.05, 3.63) is 35.1 Å². The number of rotatable bonds is 4. The van der Waals surface area contributed by atoms with Gasteiger partial charge in [0.2, 0.25) is 5.95 Å². The highest BCUT2D eigenvalue weighted by molar-refractivity contribution is 6.32. The van der Waals surface area contributed by atoms with Gasteiger partial charge in [0, 0.05) is 24.2 Å². The van der Waals surface area contributed by atoms with Gasteiger partial charge in [0.15, 0.2) is 0 Å². The molecule has 0 saturated carbocycles.